The molecule has 1 saturated heterocycles. The Morgan fingerprint density at radius 2 is 1.83 bits per heavy atom. The van der Waals surface area contributed by atoms with Gasteiger partial charge in [0.2, 0.25) is 5.91 Å². The van der Waals surface area contributed by atoms with Crippen molar-refractivity contribution in [2.45, 2.75) is 18.4 Å². The maximum atomic E-state index is 12.6. The lowest BCUT2D eigenvalue weighted by Gasteiger charge is -2.44. The van der Waals surface area contributed by atoms with E-state index in [4.69, 9.17) is 11.6 Å². The predicted molar refractivity (Wildman–Crippen MR) is 92.1 cm³/mol. The Bertz CT molecular complexity index is 756. The number of benzene rings is 1. The molecule has 0 saturated carbocycles. The number of carbonyl (C=O) groups excluding carboxylic acids is 1. The standard InChI is InChI=1S/C17H17ClN4O/c18-12-4-3-9-19-15(12)22-10-7-17(8-11-22)16(23)20-13-5-1-2-6-14(13)21-17/h1-6,9,21H,7-8,10-11H2,(H,20,23). The average Bonchev–Trinajstić information content (AvgIpc) is 2.57. The van der Waals surface area contributed by atoms with Gasteiger partial charge in [-0.3, -0.25) is 4.79 Å². The predicted octanol–water partition coefficient (Wildman–Crippen LogP) is 3.14. The summed E-state index contributed by atoms with van der Waals surface area (Å²) in [4.78, 5) is 19.1. The molecule has 0 atom stereocenters. The number of hydrogen-bond acceptors (Lipinski definition) is 4. The molecule has 5 nitrogen and oxygen atoms in total. The van der Waals surface area contributed by atoms with Crippen molar-refractivity contribution in [1.82, 2.24) is 4.98 Å². The van der Waals surface area contributed by atoms with Gasteiger partial charge < -0.3 is 15.5 Å². The first-order chi connectivity index (χ1) is 11.2. The lowest BCUT2D eigenvalue weighted by molar-refractivity contribution is -0.121. The van der Waals surface area contributed by atoms with E-state index in [1.165, 1.54) is 0 Å². The van der Waals surface area contributed by atoms with Crippen LogP contribution in [0.3, 0.4) is 0 Å². The minimum Gasteiger partial charge on any atom is -0.369 e. The van der Waals surface area contributed by atoms with Gasteiger partial charge in [-0.2, -0.15) is 0 Å². The summed E-state index contributed by atoms with van der Waals surface area (Å²) in [6.07, 6.45) is 3.16. The topological polar surface area (TPSA) is 57.3 Å². The Kier molecular flexibility index (Phi) is 3.38. The Morgan fingerprint density at radius 3 is 2.57 bits per heavy atom. The molecule has 0 aliphatic carbocycles. The summed E-state index contributed by atoms with van der Waals surface area (Å²) in [5, 5.41) is 7.13. The number of carbonyl (C=O) groups is 1. The van der Waals surface area contributed by atoms with Gasteiger partial charge in [-0.25, -0.2) is 4.98 Å². The van der Waals surface area contributed by atoms with Gasteiger partial charge in [-0.05, 0) is 37.1 Å². The summed E-state index contributed by atoms with van der Waals surface area (Å²) in [6, 6.07) is 11.5. The van der Waals surface area contributed by atoms with Crippen LogP contribution in [-0.4, -0.2) is 29.5 Å². The lowest BCUT2D eigenvalue weighted by Crippen LogP contribution is -2.58. The van der Waals surface area contributed by atoms with Crippen LogP contribution in [0.1, 0.15) is 12.8 Å². The maximum Gasteiger partial charge on any atom is 0.250 e. The SMILES string of the molecule is O=C1Nc2ccccc2NC12CCN(c1ncccc1Cl)CC2. The van der Waals surface area contributed by atoms with E-state index in [1.54, 1.807) is 6.20 Å². The molecule has 3 heterocycles. The highest BCUT2D eigenvalue weighted by Gasteiger charge is 2.44. The summed E-state index contributed by atoms with van der Waals surface area (Å²) < 4.78 is 0. The zero-order chi connectivity index (χ0) is 15.9. The molecule has 118 valence electrons. The van der Waals surface area contributed by atoms with Gasteiger partial charge in [0.1, 0.15) is 11.4 Å². The fourth-order valence-electron chi connectivity index (χ4n) is 3.32. The Labute approximate surface area is 139 Å². The number of para-hydroxylation sites is 2. The van der Waals surface area contributed by atoms with Gasteiger partial charge in [-0.1, -0.05) is 23.7 Å². The maximum absolute atomic E-state index is 12.6. The number of nitrogens with one attached hydrogen (secondary N) is 2. The van der Waals surface area contributed by atoms with Crippen molar-refractivity contribution in [2.75, 3.05) is 28.6 Å². The first kappa shape index (κ1) is 14.3. The Balaban J connectivity index is 1.55. The van der Waals surface area contributed by atoms with Crippen LogP contribution in [0.15, 0.2) is 42.6 Å². The molecule has 1 aromatic heterocycles. The van der Waals surface area contributed by atoms with Crippen molar-refractivity contribution < 1.29 is 4.79 Å². The van der Waals surface area contributed by atoms with Crippen molar-refractivity contribution in [3.05, 3.63) is 47.6 Å². The first-order valence-corrected chi connectivity index (χ1v) is 8.10. The number of rotatable bonds is 1. The summed E-state index contributed by atoms with van der Waals surface area (Å²) in [7, 11) is 0. The van der Waals surface area contributed by atoms with Crippen molar-refractivity contribution in [3.8, 4) is 0 Å². The number of aromatic nitrogens is 1. The molecule has 0 radical (unpaired) electrons. The van der Waals surface area contributed by atoms with Crippen LogP contribution in [0.2, 0.25) is 5.02 Å². The molecule has 2 aliphatic heterocycles. The molecule has 2 aliphatic rings. The molecular formula is C17H17ClN4O. The van der Waals surface area contributed by atoms with E-state index in [9.17, 15) is 4.79 Å². The van der Waals surface area contributed by atoms with E-state index in [2.05, 4.69) is 20.5 Å². The highest BCUT2D eigenvalue weighted by Crippen LogP contribution is 2.37. The van der Waals surface area contributed by atoms with Crippen molar-refractivity contribution >= 4 is 34.7 Å². The van der Waals surface area contributed by atoms with Gasteiger partial charge in [0.15, 0.2) is 0 Å². The monoisotopic (exact) mass is 328 g/mol. The third-order valence-electron chi connectivity index (χ3n) is 4.64. The van der Waals surface area contributed by atoms with Gasteiger partial charge in [0.25, 0.3) is 0 Å². The second-order valence-corrected chi connectivity index (χ2v) is 6.41. The number of pyridine rings is 1. The number of halogens is 1. The molecule has 0 unspecified atom stereocenters. The highest BCUT2D eigenvalue weighted by molar-refractivity contribution is 6.32. The van der Waals surface area contributed by atoms with Crippen molar-refractivity contribution in [3.63, 3.8) is 0 Å². The second-order valence-electron chi connectivity index (χ2n) is 6.00. The van der Waals surface area contributed by atoms with Crippen LogP contribution in [0, 0.1) is 0 Å². The summed E-state index contributed by atoms with van der Waals surface area (Å²) in [5.41, 5.74) is 1.28. The zero-order valence-electron chi connectivity index (χ0n) is 12.6. The highest BCUT2D eigenvalue weighted by atomic mass is 35.5. The van der Waals surface area contributed by atoms with Crippen molar-refractivity contribution in [2.24, 2.45) is 0 Å². The second kappa shape index (κ2) is 5.42. The summed E-state index contributed by atoms with van der Waals surface area (Å²) in [6.45, 7) is 1.47. The smallest absolute Gasteiger partial charge is 0.250 e. The average molecular weight is 329 g/mol. The van der Waals surface area contributed by atoms with Crippen LogP contribution in [0.25, 0.3) is 0 Å². The molecule has 2 N–H and O–H groups in total. The number of piperidine rings is 1. The minimum atomic E-state index is -0.549. The van der Waals surface area contributed by atoms with Crippen LogP contribution in [0.5, 0.6) is 0 Å². The number of amides is 1. The fraction of sp³-hybridized carbons (Fsp3) is 0.294. The van der Waals surface area contributed by atoms with E-state index in [-0.39, 0.29) is 5.91 Å². The fourth-order valence-corrected chi connectivity index (χ4v) is 3.56. The van der Waals surface area contributed by atoms with E-state index in [1.807, 2.05) is 36.4 Å². The van der Waals surface area contributed by atoms with Crippen LogP contribution >= 0.6 is 11.6 Å². The molecule has 23 heavy (non-hydrogen) atoms. The largest absolute Gasteiger partial charge is 0.369 e. The van der Waals surface area contributed by atoms with Crippen molar-refractivity contribution in [1.29, 1.82) is 0 Å². The zero-order valence-corrected chi connectivity index (χ0v) is 13.3. The Morgan fingerprint density at radius 1 is 1.09 bits per heavy atom. The van der Waals surface area contributed by atoms with E-state index >= 15 is 0 Å². The molecule has 1 fully saturated rings. The van der Waals surface area contributed by atoms with Crippen LogP contribution in [0.4, 0.5) is 17.2 Å². The first-order valence-electron chi connectivity index (χ1n) is 7.72. The summed E-state index contributed by atoms with van der Waals surface area (Å²) >= 11 is 6.23. The van der Waals surface area contributed by atoms with Crippen LogP contribution < -0.4 is 15.5 Å². The van der Waals surface area contributed by atoms with E-state index in [0.29, 0.717) is 17.9 Å². The normalized spacial score (nSPS) is 19.0. The van der Waals surface area contributed by atoms with Gasteiger partial charge >= 0.3 is 0 Å². The molecule has 4 rings (SSSR count). The quantitative estimate of drug-likeness (QED) is 0.844. The molecule has 2 aromatic rings. The number of nitrogens with zero attached hydrogens (tertiary/aromatic N) is 2. The molecule has 1 aromatic carbocycles. The lowest BCUT2D eigenvalue weighted by atomic mass is 9.84. The van der Waals surface area contributed by atoms with E-state index < -0.39 is 5.54 Å². The van der Waals surface area contributed by atoms with Gasteiger partial charge in [0, 0.05) is 19.3 Å². The minimum absolute atomic E-state index is 0.0444. The number of hydrogen-bond donors (Lipinski definition) is 2. The summed E-state index contributed by atoms with van der Waals surface area (Å²) in [5.74, 6) is 0.837. The molecular weight excluding hydrogens is 312 g/mol. The molecule has 1 spiro atoms. The molecule has 0 bridgehead atoms. The van der Waals surface area contributed by atoms with Gasteiger partial charge in [0.05, 0.1) is 16.4 Å². The molecule has 6 heteroatoms. The third-order valence-corrected chi connectivity index (χ3v) is 4.93. The number of anilines is 3. The Hall–Kier alpha value is -2.27. The number of fused-ring (bicyclic) bond motifs is 1. The van der Waals surface area contributed by atoms with Crippen LogP contribution in [-0.2, 0) is 4.79 Å². The van der Waals surface area contributed by atoms with E-state index in [0.717, 1.165) is 30.3 Å². The molecule has 1 amide bonds. The van der Waals surface area contributed by atoms with Gasteiger partial charge in [-0.15, -0.1) is 0 Å². The third kappa shape index (κ3) is 2.41.